The van der Waals surface area contributed by atoms with Crippen LogP contribution in [0.25, 0.3) is 10.9 Å². The number of nitrogens with one attached hydrogen (secondary N) is 2. The summed E-state index contributed by atoms with van der Waals surface area (Å²) in [5.41, 5.74) is 11.2. The minimum atomic E-state index is -0.294. The van der Waals surface area contributed by atoms with Crippen LogP contribution < -0.4 is 11.2 Å². The van der Waals surface area contributed by atoms with E-state index in [0.717, 1.165) is 28.5 Å². The number of nitrogens with two attached hydrogens (primary N) is 1. The first kappa shape index (κ1) is 17.0. The van der Waals surface area contributed by atoms with Crippen molar-refractivity contribution in [3.8, 4) is 0 Å². The SMILES string of the molecule is NC(=NCCc1ccc(Cl)cc1)N/N=C/c1c[nH]c2ccc(F)cc12. The molecule has 0 aliphatic rings. The van der Waals surface area contributed by atoms with E-state index in [-0.39, 0.29) is 11.8 Å². The quantitative estimate of drug-likeness (QED) is 0.371. The highest BCUT2D eigenvalue weighted by Gasteiger charge is 2.02. The molecule has 0 amide bonds. The zero-order valence-electron chi connectivity index (χ0n) is 13.3. The summed E-state index contributed by atoms with van der Waals surface area (Å²) in [5.74, 6) is -0.0748. The number of hydrogen-bond acceptors (Lipinski definition) is 2. The van der Waals surface area contributed by atoms with Crippen molar-refractivity contribution in [2.24, 2.45) is 15.8 Å². The fraction of sp³-hybridized carbons (Fsp3) is 0.111. The van der Waals surface area contributed by atoms with Gasteiger partial charge in [-0.05, 0) is 42.3 Å². The first-order chi connectivity index (χ1) is 12.1. The summed E-state index contributed by atoms with van der Waals surface area (Å²) >= 11 is 5.84. The second-order valence-electron chi connectivity index (χ2n) is 5.45. The molecule has 0 radical (unpaired) electrons. The Morgan fingerprint density at radius 1 is 1.24 bits per heavy atom. The zero-order chi connectivity index (χ0) is 17.6. The second kappa shape index (κ2) is 7.81. The summed E-state index contributed by atoms with van der Waals surface area (Å²) < 4.78 is 13.3. The van der Waals surface area contributed by atoms with Crippen LogP contribution in [0.2, 0.25) is 5.02 Å². The molecular weight excluding hydrogens is 341 g/mol. The van der Waals surface area contributed by atoms with Crippen molar-refractivity contribution in [3.05, 3.63) is 70.6 Å². The van der Waals surface area contributed by atoms with Crippen molar-refractivity contribution >= 4 is 34.7 Å². The summed E-state index contributed by atoms with van der Waals surface area (Å²) in [5, 5.41) is 5.50. The standard InChI is InChI=1S/C18H17ClFN5/c19-14-3-1-12(2-4-14)7-8-22-18(21)25-24-11-13-10-23-17-6-5-15(20)9-16(13)17/h1-6,9-11,23H,7-8H2,(H3,21,22,25)/b24-11+. The lowest BCUT2D eigenvalue weighted by atomic mass is 10.1. The molecule has 0 saturated carbocycles. The molecule has 0 spiro atoms. The molecule has 0 unspecified atom stereocenters. The Kier molecular flexibility index (Phi) is 5.30. The number of hydrazone groups is 1. The van der Waals surface area contributed by atoms with Crippen LogP contribution in [0.3, 0.4) is 0 Å². The van der Waals surface area contributed by atoms with Crippen molar-refractivity contribution in [1.82, 2.24) is 10.4 Å². The van der Waals surface area contributed by atoms with Crippen molar-refractivity contribution in [2.45, 2.75) is 6.42 Å². The fourth-order valence-corrected chi connectivity index (χ4v) is 2.51. The van der Waals surface area contributed by atoms with Crippen molar-refractivity contribution in [1.29, 1.82) is 0 Å². The highest BCUT2D eigenvalue weighted by atomic mass is 35.5. The molecule has 3 rings (SSSR count). The molecule has 25 heavy (non-hydrogen) atoms. The van der Waals surface area contributed by atoms with Gasteiger partial charge < -0.3 is 10.7 Å². The molecule has 4 N–H and O–H groups in total. The predicted molar refractivity (Wildman–Crippen MR) is 101 cm³/mol. The van der Waals surface area contributed by atoms with Crippen molar-refractivity contribution in [3.63, 3.8) is 0 Å². The molecule has 1 heterocycles. The largest absolute Gasteiger partial charge is 0.369 e. The van der Waals surface area contributed by atoms with Crippen LogP contribution in [0, 0.1) is 5.82 Å². The van der Waals surface area contributed by atoms with E-state index in [1.54, 1.807) is 18.5 Å². The van der Waals surface area contributed by atoms with Gasteiger partial charge in [0.15, 0.2) is 0 Å². The van der Waals surface area contributed by atoms with Gasteiger partial charge in [0.1, 0.15) is 5.82 Å². The maximum absolute atomic E-state index is 13.3. The molecule has 0 saturated heterocycles. The highest BCUT2D eigenvalue weighted by Crippen LogP contribution is 2.17. The Labute approximate surface area is 149 Å². The lowest BCUT2D eigenvalue weighted by Gasteiger charge is -2.01. The molecule has 0 fully saturated rings. The van der Waals surface area contributed by atoms with Crippen LogP contribution in [-0.4, -0.2) is 23.7 Å². The Morgan fingerprint density at radius 2 is 2.04 bits per heavy atom. The van der Waals surface area contributed by atoms with Crippen molar-refractivity contribution in [2.75, 3.05) is 6.54 Å². The molecule has 1 aromatic heterocycles. The van der Waals surface area contributed by atoms with Gasteiger partial charge >= 0.3 is 0 Å². The molecule has 0 bridgehead atoms. The minimum Gasteiger partial charge on any atom is -0.369 e. The van der Waals surface area contributed by atoms with E-state index in [9.17, 15) is 4.39 Å². The predicted octanol–water partition coefficient (Wildman–Crippen LogP) is 3.44. The van der Waals surface area contributed by atoms with E-state index >= 15 is 0 Å². The number of fused-ring (bicyclic) bond motifs is 1. The molecule has 0 aliphatic carbocycles. The fourth-order valence-electron chi connectivity index (χ4n) is 2.38. The lowest BCUT2D eigenvalue weighted by molar-refractivity contribution is 0.629. The third-order valence-electron chi connectivity index (χ3n) is 3.65. The van der Waals surface area contributed by atoms with Gasteiger partial charge in [-0.2, -0.15) is 5.10 Å². The zero-order valence-corrected chi connectivity index (χ0v) is 14.1. The summed E-state index contributed by atoms with van der Waals surface area (Å²) in [6.45, 7) is 0.536. The normalized spacial score (nSPS) is 12.2. The monoisotopic (exact) mass is 357 g/mol. The van der Waals surface area contributed by atoms with Crippen LogP contribution in [0.4, 0.5) is 4.39 Å². The van der Waals surface area contributed by atoms with Crippen LogP contribution in [-0.2, 0) is 6.42 Å². The van der Waals surface area contributed by atoms with Crippen LogP contribution >= 0.6 is 11.6 Å². The second-order valence-corrected chi connectivity index (χ2v) is 5.88. The van der Waals surface area contributed by atoms with Crippen LogP contribution in [0.1, 0.15) is 11.1 Å². The van der Waals surface area contributed by atoms with Crippen LogP contribution in [0.15, 0.2) is 58.8 Å². The molecular formula is C18H17ClFN5. The van der Waals surface area contributed by atoms with Gasteiger partial charge in [0.2, 0.25) is 5.96 Å². The average molecular weight is 358 g/mol. The Bertz CT molecular complexity index is 915. The molecule has 7 heteroatoms. The van der Waals surface area contributed by atoms with Gasteiger partial charge in [0, 0.05) is 34.2 Å². The molecule has 128 valence electrons. The number of aliphatic imine (C=N–C) groups is 1. The van der Waals surface area contributed by atoms with E-state index in [2.05, 4.69) is 20.5 Å². The number of aromatic amines is 1. The lowest BCUT2D eigenvalue weighted by Crippen LogP contribution is -2.27. The van der Waals surface area contributed by atoms with E-state index in [1.165, 1.54) is 12.1 Å². The van der Waals surface area contributed by atoms with Gasteiger partial charge in [-0.3, -0.25) is 4.99 Å². The Morgan fingerprint density at radius 3 is 2.84 bits per heavy atom. The molecule has 0 atom stereocenters. The number of benzene rings is 2. The maximum Gasteiger partial charge on any atom is 0.209 e. The summed E-state index contributed by atoms with van der Waals surface area (Å²) in [4.78, 5) is 7.26. The van der Waals surface area contributed by atoms with E-state index in [0.29, 0.717) is 11.6 Å². The Balaban J connectivity index is 1.55. The minimum absolute atomic E-state index is 0.219. The maximum atomic E-state index is 13.3. The number of aromatic nitrogens is 1. The third kappa shape index (κ3) is 4.58. The smallest absolute Gasteiger partial charge is 0.209 e. The Hall–Kier alpha value is -2.86. The van der Waals surface area contributed by atoms with Gasteiger partial charge in [0.05, 0.1) is 6.21 Å². The number of hydrogen-bond donors (Lipinski definition) is 3. The summed E-state index contributed by atoms with van der Waals surface area (Å²) in [6.07, 6.45) is 4.08. The average Bonchev–Trinajstić information content (AvgIpc) is 2.99. The number of halogens is 2. The number of guanidine groups is 1. The third-order valence-corrected chi connectivity index (χ3v) is 3.91. The van der Waals surface area contributed by atoms with Gasteiger partial charge in [-0.1, -0.05) is 23.7 Å². The summed E-state index contributed by atoms with van der Waals surface area (Å²) in [6, 6.07) is 12.1. The van der Waals surface area contributed by atoms with E-state index in [4.69, 9.17) is 17.3 Å². The number of nitrogens with zero attached hydrogens (tertiary/aromatic N) is 2. The molecule has 0 aliphatic heterocycles. The highest BCUT2D eigenvalue weighted by molar-refractivity contribution is 6.30. The van der Waals surface area contributed by atoms with Gasteiger partial charge in [-0.25, -0.2) is 9.82 Å². The number of rotatable bonds is 5. The summed E-state index contributed by atoms with van der Waals surface area (Å²) in [7, 11) is 0. The van der Waals surface area contributed by atoms with Gasteiger partial charge in [-0.15, -0.1) is 0 Å². The van der Waals surface area contributed by atoms with Gasteiger partial charge in [0.25, 0.3) is 0 Å². The number of H-pyrrole nitrogens is 1. The first-order valence-corrected chi connectivity index (χ1v) is 8.10. The van der Waals surface area contributed by atoms with Crippen LogP contribution in [0.5, 0.6) is 0 Å². The first-order valence-electron chi connectivity index (χ1n) is 7.72. The van der Waals surface area contributed by atoms with E-state index < -0.39 is 0 Å². The molecule has 5 nitrogen and oxygen atoms in total. The van der Waals surface area contributed by atoms with Crippen molar-refractivity contribution < 1.29 is 4.39 Å². The molecule has 3 aromatic rings. The topological polar surface area (TPSA) is 78.6 Å². The molecule has 2 aromatic carbocycles. The van der Waals surface area contributed by atoms with E-state index in [1.807, 2.05) is 24.3 Å².